The summed E-state index contributed by atoms with van der Waals surface area (Å²) in [7, 11) is 0. The van der Waals surface area contributed by atoms with Gasteiger partial charge in [0.25, 0.3) is 0 Å². The van der Waals surface area contributed by atoms with Crippen LogP contribution >= 0.6 is 23.5 Å². The van der Waals surface area contributed by atoms with Crippen LogP contribution in [0.25, 0.3) is 0 Å². The number of hydrogen-bond donors (Lipinski definition) is 3. The van der Waals surface area contributed by atoms with Crippen molar-refractivity contribution in [1.82, 2.24) is 5.32 Å². The van der Waals surface area contributed by atoms with Crippen LogP contribution in [0.1, 0.15) is 80.1 Å². The van der Waals surface area contributed by atoms with E-state index in [1.165, 1.54) is 5.57 Å². The number of aliphatic imine (C=N–C) groups is 1. The molecule has 0 saturated carbocycles. The Labute approximate surface area is 243 Å². The van der Waals surface area contributed by atoms with Crippen molar-refractivity contribution in [2.45, 2.75) is 110 Å². The van der Waals surface area contributed by atoms with Crippen molar-refractivity contribution < 1.29 is 24.5 Å². The van der Waals surface area contributed by atoms with Crippen molar-refractivity contribution in [3.63, 3.8) is 0 Å². The molecule has 9 heteroatoms. The van der Waals surface area contributed by atoms with E-state index in [0.29, 0.717) is 11.8 Å². The molecule has 0 aromatic rings. The fourth-order valence-corrected chi connectivity index (χ4v) is 7.47. The number of ether oxygens (including phenoxy) is 1. The fourth-order valence-electron chi connectivity index (χ4n) is 5.59. The van der Waals surface area contributed by atoms with Crippen molar-refractivity contribution in [2.24, 2.45) is 22.2 Å². The predicted molar refractivity (Wildman–Crippen MR) is 162 cm³/mol. The summed E-state index contributed by atoms with van der Waals surface area (Å²) < 4.78 is 5.98. The maximum absolute atomic E-state index is 13.4. The number of rotatable bonds is 4. The first-order chi connectivity index (χ1) is 18.4. The van der Waals surface area contributed by atoms with E-state index in [-0.39, 0.29) is 24.2 Å². The molecule has 0 aromatic carbocycles. The summed E-state index contributed by atoms with van der Waals surface area (Å²) in [5.74, 6) is 0.520. The third-order valence-electron chi connectivity index (χ3n) is 8.40. The second-order valence-corrected chi connectivity index (χ2v) is 14.5. The average Bonchev–Trinajstić information content (AvgIpc) is 3.55. The number of hydrogen-bond acceptors (Lipinski definition) is 9. The Kier molecular flexibility index (Phi) is 12.2. The number of esters is 1. The third-order valence-corrected chi connectivity index (χ3v) is 10.6. The number of cyclic esters (lactones) is 1. The molecule has 3 aliphatic heterocycles. The third kappa shape index (κ3) is 9.18. The largest absolute Gasteiger partial charge is 0.457 e. The monoisotopic (exact) mass is 580 g/mol. The Balaban J connectivity index is 1.89. The summed E-state index contributed by atoms with van der Waals surface area (Å²) in [6.45, 7) is 12.0. The average molecular weight is 581 g/mol. The van der Waals surface area contributed by atoms with E-state index in [1.54, 1.807) is 32.5 Å². The lowest BCUT2D eigenvalue weighted by Gasteiger charge is -2.34. The van der Waals surface area contributed by atoms with Crippen LogP contribution in [-0.2, 0) is 14.3 Å². The van der Waals surface area contributed by atoms with Crippen LogP contribution < -0.4 is 5.32 Å². The highest BCUT2D eigenvalue weighted by Gasteiger charge is 2.42. The number of thioether (sulfide) groups is 2. The smallest absolute Gasteiger partial charge is 0.309 e. The molecule has 39 heavy (non-hydrogen) atoms. The molecule has 7 atom stereocenters. The Morgan fingerprint density at radius 3 is 2.67 bits per heavy atom. The highest BCUT2D eigenvalue weighted by molar-refractivity contribution is 8.14. The number of carbonyl (C=O) groups excluding carboxylic acids is 2. The van der Waals surface area contributed by atoms with E-state index in [4.69, 9.17) is 4.74 Å². The van der Waals surface area contributed by atoms with Gasteiger partial charge in [-0.2, -0.15) is 0 Å². The highest BCUT2D eigenvalue weighted by atomic mass is 32.2. The van der Waals surface area contributed by atoms with E-state index in [9.17, 15) is 19.8 Å². The molecule has 3 rings (SSSR count). The van der Waals surface area contributed by atoms with E-state index in [1.807, 2.05) is 32.5 Å². The number of nitrogens with zero attached hydrogens (tertiary/aromatic N) is 1. The molecule has 0 aromatic heterocycles. The minimum atomic E-state index is -1.21. The number of aliphatic hydroxyl groups is 2. The van der Waals surface area contributed by atoms with Gasteiger partial charge in [-0.3, -0.25) is 14.6 Å². The van der Waals surface area contributed by atoms with Crippen LogP contribution in [0.4, 0.5) is 0 Å². The van der Waals surface area contributed by atoms with Gasteiger partial charge in [0.2, 0.25) is 0 Å². The van der Waals surface area contributed by atoms with Gasteiger partial charge in [0.1, 0.15) is 11.9 Å². The number of ketones is 1. The molecule has 0 aliphatic carbocycles. The van der Waals surface area contributed by atoms with Crippen LogP contribution in [0.15, 0.2) is 28.3 Å². The molecule has 4 unspecified atom stereocenters. The van der Waals surface area contributed by atoms with Gasteiger partial charge in [-0.15, -0.1) is 23.5 Å². The Hall–Kier alpha value is -1.13. The van der Waals surface area contributed by atoms with Gasteiger partial charge >= 0.3 is 5.97 Å². The first-order valence-corrected chi connectivity index (χ1v) is 16.4. The number of carbonyl (C=O) groups is 2. The molecule has 7 nitrogen and oxygen atoms in total. The Morgan fingerprint density at radius 1 is 1.28 bits per heavy atom. The highest BCUT2D eigenvalue weighted by Crippen LogP contribution is 2.33. The lowest BCUT2D eigenvalue weighted by Crippen LogP contribution is -2.45. The molecule has 220 valence electrons. The minimum absolute atomic E-state index is 0.0544. The summed E-state index contributed by atoms with van der Waals surface area (Å²) in [6, 6.07) is 0.0631. The summed E-state index contributed by atoms with van der Waals surface area (Å²) in [4.78, 5) is 31.1. The second-order valence-electron chi connectivity index (χ2n) is 12.0. The van der Waals surface area contributed by atoms with Crippen LogP contribution in [0, 0.1) is 17.3 Å². The molecule has 3 heterocycles. The zero-order valence-electron chi connectivity index (χ0n) is 24.4. The van der Waals surface area contributed by atoms with Gasteiger partial charge in [-0.1, -0.05) is 45.4 Å². The predicted octanol–water partition coefficient (Wildman–Crippen LogP) is 4.91. The zero-order valence-corrected chi connectivity index (χ0v) is 26.1. The maximum Gasteiger partial charge on any atom is 0.309 e. The van der Waals surface area contributed by atoms with Crippen LogP contribution in [-0.4, -0.2) is 74.8 Å². The van der Waals surface area contributed by atoms with E-state index >= 15 is 0 Å². The lowest BCUT2D eigenvalue weighted by atomic mass is 9.73. The van der Waals surface area contributed by atoms with Gasteiger partial charge in [-0.25, -0.2) is 0 Å². The Bertz CT molecular complexity index is 957. The van der Waals surface area contributed by atoms with Gasteiger partial charge in [0.15, 0.2) is 0 Å². The Morgan fingerprint density at radius 2 is 2.03 bits per heavy atom. The first kappa shape index (κ1) is 32.4. The molecular formula is C30H48N2O5S2. The van der Waals surface area contributed by atoms with Crippen LogP contribution in [0.3, 0.4) is 0 Å². The van der Waals surface area contributed by atoms with Gasteiger partial charge in [0, 0.05) is 30.4 Å². The summed E-state index contributed by atoms with van der Waals surface area (Å²) >= 11 is 3.67. The van der Waals surface area contributed by atoms with E-state index in [0.717, 1.165) is 54.4 Å². The zero-order chi connectivity index (χ0) is 28.7. The summed E-state index contributed by atoms with van der Waals surface area (Å²) in [6.07, 6.45) is 5.65. The lowest BCUT2D eigenvalue weighted by molar-refractivity contribution is -0.154. The summed E-state index contributed by atoms with van der Waals surface area (Å²) in [5, 5.41) is 27.0. The molecule has 0 spiro atoms. The first-order valence-electron chi connectivity index (χ1n) is 14.4. The molecule has 1 fully saturated rings. The number of Topliss-reactive ketones (excluding diaryl/α,β-unsaturated/α-hetero) is 1. The standard InChI is InChI=1S/C30H48N2O5S2/c1-18-8-7-9-22(15-26-31-12-13-38-26)10-11-24(19(2)14-23-17-39-21(4)32-23)37-27(34)16-25(33)30(5,6)29(36)20(3)28(18)35/h10,14,18,20,23-26,28,31,33,35H,7-9,11-13,15-17H2,1-6H3/b19-14+,22-10+/t18?,20-,23?,24+,25+,26?,28?/m1/s1. The molecule has 1 saturated heterocycles. The molecule has 0 amide bonds. The SMILES string of the molecule is CC1=NC(/C=C(\C)[C@@H]2C/C=C(/CC3NCCS3)CCCC(C)C(O)[C@@H](C)C(=O)C(C)(C)[C@@H](O)CC(=O)O2)CS1. The fraction of sp³-hybridized carbons (Fsp3) is 0.767. The van der Waals surface area contributed by atoms with Crippen molar-refractivity contribution in [2.75, 3.05) is 18.1 Å². The second kappa shape index (κ2) is 14.7. The van der Waals surface area contributed by atoms with E-state index in [2.05, 4.69) is 22.5 Å². The normalized spacial score (nSPS) is 37.2. The molecule has 0 bridgehead atoms. The van der Waals surface area contributed by atoms with Crippen molar-refractivity contribution in [3.05, 3.63) is 23.3 Å². The number of nitrogens with one attached hydrogen (secondary N) is 1. The number of aliphatic hydroxyl groups excluding tert-OH is 2. The van der Waals surface area contributed by atoms with Crippen LogP contribution in [0.2, 0.25) is 0 Å². The van der Waals surface area contributed by atoms with Crippen molar-refractivity contribution in [3.8, 4) is 0 Å². The molecular weight excluding hydrogens is 532 g/mol. The summed E-state index contributed by atoms with van der Waals surface area (Å²) in [5.41, 5.74) is 1.08. The van der Waals surface area contributed by atoms with Crippen molar-refractivity contribution in [1.29, 1.82) is 0 Å². The maximum atomic E-state index is 13.4. The minimum Gasteiger partial charge on any atom is -0.457 e. The topological polar surface area (TPSA) is 108 Å². The van der Waals surface area contributed by atoms with E-state index < -0.39 is 35.6 Å². The van der Waals surface area contributed by atoms with Gasteiger partial charge < -0.3 is 20.3 Å². The molecule has 3 N–H and O–H groups in total. The molecule has 3 aliphatic rings. The van der Waals surface area contributed by atoms with Gasteiger partial charge in [0.05, 0.1) is 40.5 Å². The van der Waals surface area contributed by atoms with Crippen LogP contribution in [0.5, 0.6) is 0 Å². The quantitative estimate of drug-likeness (QED) is 0.318. The molecule has 0 radical (unpaired) electrons. The van der Waals surface area contributed by atoms with Gasteiger partial charge in [-0.05, 0) is 51.0 Å². The van der Waals surface area contributed by atoms with Crippen molar-refractivity contribution >= 4 is 40.3 Å².